The molecule has 0 aromatic carbocycles. The van der Waals surface area contributed by atoms with Crippen LogP contribution in [0.25, 0.3) is 0 Å². The smallest absolute Gasteiger partial charge is 0.256 e. The van der Waals surface area contributed by atoms with Crippen molar-refractivity contribution in [3.63, 3.8) is 0 Å². The van der Waals surface area contributed by atoms with E-state index in [4.69, 9.17) is 0 Å². The molecule has 0 saturated carbocycles. The summed E-state index contributed by atoms with van der Waals surface area (Å²) in [7, 11) is 0. The van der Waals surface area contributed by atoms with E-state index < -0.39 is 0 Å². The zero-order valence-electron chi connectivity index (χ0n) is 7.36. The van der Waals surface area contributed by atoms with Crippen molar-refractivity contribution >= 4 is 5.91 Å². The molecule has 1 aromatic heterocycles. The first-order chi connectivity index (χ1) is 6.38. The number of pyridine rings is 1. The summed E-state index contributed by atoms with van der Waals surface area (Å²) in [6.45, 7) is 1.75. The molecule has 3 nitrogen and oxygen atoms in total. The molecule has 1 radical (unpaired) electrons. The van der Waals surface area contributed by atoms with Crippen LogP contribution in [-0.2, 0) is 0 Å². The highest BCUT2D eigenvalue weighted by atomic mass is 16.2. The maximum absolute atomic E-state index is 11.7. The van der Waals surface area contributed by atoms with Crippen molar-refractivity contribution in [2.75, 3.05) is 13.1 Å². The number of aromatic nitrogens is 1. The van der Waals surface area contributed by atoms with E-state index in [1.54, 1.807) is 18.3 Å². The van der Waals surface area contributed by atoms with Crippen molar-refractivity contribution in [1.82, 2.24) is 9.88 Å². The predicted molar refractivity (Wildman–Crippen MR) is 48.2 cm³/mol. The van der Waals surface area contributed by atoms with Crippen LogP contribution in [0.15, 0.2) is 18.3 Å². The summed E-state index contributed by atoms with van der Waals surface area (Å²) in [6.07, 6.45) is 6.56. The Kier molecular flexibility index (Phi) is 2.25. The van der Waals surface area contributed by atoms with E-state index in [-0.39, 0.29) is 5.91 Å². The van der Waals surface area contributed by atoms with E-state index in [1.807, 2.05) is 4.90 Å². The van der Waals surface area contributed by atoms with Crippen molar-refractivity contribution in [3.8, 4) is 0 Å². The molecule has 1 saturated heterocycles. The van der Waals surface area contributed by atoms with Crippen molar-refractivity contribution in [1.29, 1.82) is 0 Å². The Morgan fingerprint density at radius 1 is 1.46 bits per heavy atom. The van der Waals surface area contributed by atoms with Gasteiger partial charge in [0.2, 0.25) is 0 Å². The van der Waals surface area contributed by atoms with Gasteiger partial charge >= 0.3 is 0 Å². The molecule has 1 aliphatic heterocycles. The zero-order chi connectivity index (χ0) is 9.10. The van der Waals surface area contributed by atoms with Crippen LogP contribution in [0.2, 0.25) is 0 Å². The number of carbonyl (C=O) groups is 1. The molecule has 67 valence electrons. The van der Waals surface area contributed by atoms with E-state index in [1.165, 1.54) is 0 Å². The number of rotatable bonds is 1. The van der Waals surface area contributed by atoms with Gasteiger partial charge in [-0.15, -0.1) is 0 Å². The van der Waals surface area contributed by atoms with Crippen molar-refractivity contribution in [3.05, 3.63) is 30.1 Å². The van der Waals surface area contributed by atoms with E-state index >= 15 is 0 Å². The molecule has 1 fully saturated rings. The average Bonchev–Trinajstić information content (AvgIpc) is 2.71. The fourth-order valence-electron chi connectivity index (χ4n) is 1.54. The van der Waals surface area contributed by atoms with E-state index in [2.05, 4.69) is 11.2 Å². The van der Waals surface area contributed by atoms with Gasteiger partial charge in [-0.25, -0.2) is 0 Å². The van der Waals surface area contributed by atoms with Crippen molar-refractivity contribution in [2.45, 2.75) is 12.8 Å². The van der Waals surface area contributed by atoms with Gasteiger partial charge in [-0.05, 0) is 25.0 Å². The molecule has 1 aromatic rings. The monoisotopic (exact) mass is 175 g/mol. The number of carbonyl (C=O) groups excluding carboxylic acids is 1. The number of hydrogen-bond acceptors (Lipinski definition) is 2. The zero-order valence-corrected chi connectivity index (χ0v) is 7.36. The Bertz CT molecular complexity index is 291. The molecule has 1 amide bonds. The highest BCUT2D eigenvalue weighted by molar-refractivity contribution is 5.93. The quantitative estimate of drug-likeness (QED) is 0.640. The number of nitrogens with zero attached hydrogens (tertiary/aromatic N) is 2. The van der Waals surface area contributed by atoms with Crippen LogP contribution in [0.3, 0.4) is 0 Å². The molecule has 3 heteroatoms. The third-order valence-electron chi connectivity index (χ3n) is 2.23. The minimum absolute atomic E-state index is 0.0607. The summed E-state index contributed by atoms with van der Waals surface area (Å²) in [6, 6.07) is 3.52. The molecule has 2 heterocycles. The lowest BCUT2D eigenvalue weighted by Crippen LogP contribution is -2.27. The molecule has 1 aliphatic rings. The van der Waals surface area contributed by atoms with Gasteiger partial charge < -0.3 is 4.90 Å². The van der Waals surface area contributed by atoms with E-state index in [0.717, 1.165) is 25.9 Å². The minimum atomic E-state index is 0.0607. The Balaban J connectivity index is 2.13. The van der Waals surface area contributed by atoms with Gasteiger partial charge in [-0.1, -0.05) is 0 Å². The van der Waals surface area contributed by atoms with Gasteiger partial charge in [-0.2, -0.15) is 0 Å². The van der Waals surface area contributed by atoms with Gasteiger partial charge in [0.05, 0.1) is 5.56 Å². The largest absolute Gasteiger partial charge is 0.339 e. The first-order valence-electron chi connectivity index (χ1n) is 4.50. The second-order valence-corrected chi connectivity index (χ2v) is 3.16. The van der Waals surface area contributed by atoms with Crippen LogP contribution in [0.5, 0.6) is 0 Å². The van der Waals surface area contributed by atoms with Gasteiger partial charge in [0.1, 0.15) is 6.20 Å². The fraction of sp³-hybridized carbons (Fsp3) is 0.400. The number of hydrogen-bond donors (Lipinski definition) is 0. The van der Waals surface area contributed by atoms with Crippen LogP contribution in [0.1, 0.15) is 23.2 Å². The molecule has 0 unspecified atom stereocenters. The Morgan fingerprint density at radius 2 is 2.23 bits per heavy atom. The maximum Gasteiger partial charge on any atom is 0.256 e. The highest BCUT2D eigenvalue weighted by Crippen LogP contribution is 2.11. The van der Waals surface area contributed by atoms with Crippen molar-refractivity contribution < 1.29 is 4.79 Å². The van der Waals surface area contributed by atoms with Crippen LogP contribution in [0.4, 0.5) is 0 Å². The molecule has 0 N–H and O–H groups in total. The number of likely N-dealkylation sites (tertiary alicyclic amines) is 1. The Morgan fingerprint density at radius 3 is 2.85 bits per heavy atom. The van der Waals surface area contributed by atoms with Gasteiger partial charge in [0.25, 0.3) is 5.91 Å². The lowest BCUT2D eigenvalue weighted by atomic mass is 10.2. The first-order valence-corrected chi connectivity index (χ1v) is 4.50. The van der Waals surface area contributed by atoms with Gasteiger partial charge in [-0.3, -0.25) is 9.78 Å². The Hall–Kier alpha value is -1.38. The molecule has 0 bridgehead atoms. The molecule has 0 spiro atoms. The van der Waals surface area contributed by atoms with Crippen LogP contribution < -0.4 is 0 Å². The summed E-state index contributed by atoms with van der Waals surface area (Å²) < 4.78 is 0. The topological polar surface area (TPSA) is 33.2 Å². The summed E-state index contributed by atoms with van der Waals surface area (Å²) in [4.78, 5) is 17.4. The average molecular weight is 175 g/mol. The second kappa shape index (κ2) is 3.56. The lowest BCUT2D eigenvalue weighted by molar-refractivity contribution is 0.0792. The molecular formula is C10H11N2O. The van der Waals surface area contributed by atoms with E-state index in [0.29, 0.717) is 5.56 Å². The Labute approximate surface area is 77.4 Å². The summed E-state index contributed by atoms with van der Waals surface area (Å²) in [5.41, 5.74) is 0.574. The van der Waals surface area contributed by atoms with Crippen LogP contribution >= 0.6 is 0 Å². The van der Waals surface area contributed by atoms with Gasteiger partial charge in [0.15, 0.2) is 0 Å². The lowest BCUT2D eigenvalue weighted by Gasteiger charge is -2.13. The first kappa shape index (κ1) is 8.23. The maximum atomic E-state index is 11.7. The highest BCUT2D eigenvalue weighted by Gasteiger charge is 2.19. The van der Waals surface area contributed by atoms with Gasteiger partial charge in [0, 0.05) is 19.3 Å². The summed E-state index contributed by atoms with van der Waals surface area (Å²) in [5, 5.41) is 0. The third-order valence-corrected chi connectivity index (χ3v) is 2.23. The summed E-state index contributed by atoms with van der Waals surface area (Å²) in [5.74, 6) is 0.0607. The molecule has 2 rings (SSSR count). The predicted octanol–water partition coefficient (Wildman–Crippen LogP) is 1.12. The third kappa shape index (κ3) is 1.69. The molecule has 0 aliphatic carbocycles. The van der Waals surface area contributed by atoms with Crippen LogP contribution in [-0.4, -0.2) is 28.9 Å². The number of amides is 1. The van der Waals surface area contributed by atoms with E-state index in [9.17, 15) is 4.79 Å². The minimum Gasteiger partial charge on any atom is -0.339 e. The standard InChI is InChI=1S/C10H11N2O/c13-10(12-6-1-2-7-12)9-4-3-5-11-8-9/h3-5H,1-2,6-7H2. The van der Waals surface area contributed by atoms with Crippen LogP contribution in [0, 0.1) is 6.20 Å². The van der Waals surface area contributed by atoms with Crippen molar-refractivity contribution in [2.24, 2.45) is 0 Å². The fourth-order valence-corrected chi connectivity index (χ4v) is 1.54. The normalized spacial score (nSPS) is 16.2. The molecule has 13 heavy (non-hydrogen) atoms. The molecular weight excluding hydrogens is 164 g/mol. The summed E-state index contributed by atoms with van der Waals surface area (Å²) >= 11 is 0. The second-order valence-electron chi connectivity index (χ2n) is 3.16. The SMILES string of the molecule is O=C(c1[c]nccc1)N1CCCC1. The molecule has 0 atom stereocenters.